The minimum Gasteiger partial charge on any atom is -0.326 e. The molecule has 0 aliphatic carbocycles. The van der Waals surface area contributed by atoms with Crippen LogP contribution in [0.2, 0.25) is 0 Å². The van der Waals surface area contributed by atoms with Crippen LogP contribution >= 0.6 is 11.8 Å². The van der Waals surface area contributed by atoms with Gasteiger partial charge in [0.2, 0.25) is 11.8 Å². The minimum absolute atomic E-state index is 0.108. The average molecular weight is 396 g/mol. The van der Waals surface area contributed by atoms with E-state index in [9.17, 15) is 9.59 Å². The highest BCUT2D eigenvalue weighted by Crippen LogP contribution is 2.27. The maximum atomic E-state index is 12.3. The maximum Gasteiger partial charge on any atom is 0.240 e. The molecule has 1 fully saturated rings. The topological polar surface area (TPSA) is 70.6 Å². The number of carbonyl (C=O) groups excluding carboxylic acids is 2. The van der Waals surface area contributed by atoms with Crippen molar-refractivity contribution in [2.75, 3.05) is 5.32 Å². The molecule has 0 spiro atoms. The van der Waals surface area contributed by atoms with Crippen molar-refractivity contribution in [3.8, 4) is 0 Å². The molecule has 0 unspecified atom stereocenters. The molecule has 0 saturated carbocycles. The summed E-state index contributed by atoms with van der Waals surface area (Å²) in [6.45, 7) is 6.29. The van der Waals surface area contributed by atoms with Crippen molar-refractivity contribution in [2.24, 2.45) is 4.99 Å². The molecule has 146 valence electrons. The highest BCUT2D eigenvalue weighted by atomic mass is 32.2. The number of aryl methyl sites for hydroxylation is 1. The SMILES string of the molecule is CC[C@H](C)c1ccc(N=C2NC(=O)[C@@H](CC(=O)Nc3ccccc3C)S2)cc1. The zero-order chi connectivity index (χ0) is 20.1. The van der Waals surface area contributed by atoms with Gasteiger partial charge in [-0.1, -0.05) is 55.9 Å². The normalized spacial score (nSPS) is 18.8. The second-order valence-electron chi connectivity index (χ2n) is 6.98. The first-order valence-electron chi connectivity index (χ1n) is 9.48. The van der Waals surface area contributed by atoms with Crippen LogP contribution in [0, 0.1) is 6.92 Å². The summed E-state index contributed by atoms with van der Waals surface area (Å²) in [5, 5.41) is 5.71. The number of aliphatic imine (C=N–C) groups is 1. The van der Waals surface area contributed by atoms with Crippen molar-refractivity contribution >= 4 is 40.1 Å². The Labute approximate surface area is 170 Å². The van der Waals surface area contributed by atoms with E-state index in [1.54, 1.807) is 0 Å². The number of thioether (sulfide) groups is 1. The largest absolute Gasteiger partial charge is 0.326 e. The lowest BCUT2D eigenvalue weighted by atomic mass is 9.99. The number of hydrogen-bond donors (Lipinski definition) is 2. The van der Waals surface area contributed by atoms with Crippen molar-refractivity contribution in [3.05, 3.63) is 59.7 Å². The fourth-order valence-electron chi connectivity index (χ4n) is 2.91. The first kappa shape index (κ1) is 20.1. The molecule has 6 heteroatoms. The number of amides is 2. The molecule has 1 aliphatic rings. The Morgan fingerprint density at radius 1 is 1.21 bits per heavy atom. The molecule has 0 radical (unpaired) electrons. The second kappa shape index (κ2) is 9.06. The number of hydrogen-bond acceptors (Lipinski definition) is 4. The van der Waals surface area contributed by atoms with Crippen molar-refractivity contribution in [1.29, 1.82) is 0 Å². The number of anilines is 1. The molecule has 1 heterocycles. The van der Waals surface area contributed by atoms with Gasteiger partial charge in [0.05, 0.1) is 5.69 Å². The molecule has 0 aromatic heterocycles. The van der Waals surface area contributed by atoms with Crippen LogP contribution in [-0.2, 0) is 9.59 Å². The molecular weight excluding hydrogens is 370 g/mol. The number of nitrogens with zero attached hydrogens (tertiary/aromatic N) is 1. The number of amidine groups is 1. The van der Waals surface area contributed by atoms with Gasteiger partial charge in [0.1, 0.15) is 5.25 Å². The maximum absolute atomic E-state index is 12.3. The fourth-order valence-corrected chi connectivity index (χ4v) is 3.89. The van der Waals surface area contributed by atoms with Gasteiger partial charge in [-0.3, -0.25) is 9.59 Å². The number of para-hydroxylation sites is 1. The second-order valence-corrected chi connectivity index (χ2v) is 8.17. The van der Waals surface area contributed by atoms with Crippen molar-refractivity contribution in [2.45, 2.75) is 44.8 Å². The molecule has 2 N–H and O–H groups in total. The van der Waals surface area contributed by atoms with Crippen LogP contribution in [0.25, 0.3) is 0 Å². The molecule has 1 aliphatic heterocycles. The summed E-state index contributed by atoms with van der Waals surface area (Å²) in [7, 11) is 0. The summed E-state index contributed by atoms with van der Waals surface area (Å²) in [5.41, 5.74) is 3.83. The summed E-state index contributed by atoms with van der Waals surface area (Å²) in [6.07, 6.45) is 1.20. The quantitative estimate of drug-likeness (QED) is 0.741. The van der Waals surface area contributed by atoms with E-state index in [0.29, 0.717) is 11.1 Å². The van der Waals surface area contributed by atoms with Crippen LogP contribution in [0.1, 0.15) is 43.7 Å². The van der Waals surface area contributed by atoms with Crippen LogP contribution in [0.5, 0.6) is 0 Å². The molecule has 2 atom stereocenters. The Morgan fingerprint density at radius 3 is 2.61 bits per heavy atom. The summed E-state index contributed by atoms with van der Waals surface area (Å²) < 4.78 is 0. The first-order valence-corrected chi connectivity index (χ1v) is 10.4. The summed E-state index contributed by atoms with van der Waals surface area (Å²) >= 11 is 1.30. The zero-order valence-electron chi connectivity index (χ0n) is 16.4. The van der Waals surface area contributed by atoms with Gasteiger partial charge in [-0.15, -0.1) is 0 Å². The number of carbonyl (C=O) groups is 2. The van der Waals surface area contributed by atoms with E-state index in [2.05, 4.69) is 41.6 Å². The van der Waals surface area contributed by atoms with Gasteiger partial charge in [0, 0.05) is 12.1 Å². The van der Waals surface area contributed by atoms with Gasteiger partial charge >= 0.3 is 0 Å². The highest BCUT2D eigenvalue weighted by Gasteiger charge is 2.32. The van der Waals surface area contributed by atoms with E-state index in [-0.39, 0.29) is 18.2 Å². The average Bonchev–Trinajstić information content (AvgIpc) is 3.02. The van der Waals surface area contributed by atoms with Crippen LogP contribution in [0.3, 0.4) is 0 Å². The lowest BCUT2D eigenvalue weighted by Crippen LogP contribution is -2.28. The smallest absolute Gasteiger partial charge is 0.240 e. The molecule has 2 amide bonds. The third-order valence-electron chi connectivity index (χ3n) is 4.87. The number of rotatable bonds is 6. The lowest BCUT2D eigenvalue weighted by Gasteiger charge is -2.09. The van der Waals surface area contributed by atoms with E-state index < -0.39 is 5.25 Å². The van der Waals surface area contributed by atoms with Crippen molar-refractivity contribution < 1.29 is 9.59 Å². The van der Waals surface area contributed by atoms with Gasteiger partial charge < -0.3 is 10.6 Å². The highest BCUT2D eigenvalue weighted by molar-refractivity contribution is 8.15. The van der Waals surface area contributed by atoms with Gasteiger partial charge in [-0.25, -0.2) is 4.99 Å². The van der Waals surface area contributed by atoms with Crippen molar-refractivity contribution in [3.63, 3.8) is 0 Å². The first-order chi connectivity index (χ1) is 13.5. The summed E-state index contributed by atoms with van der Waals surface area (Å²) in [4.78, 5) is 29.0. The lowest BCUT2D eigenvalue weighted by molar-refractivity contribution is -0.122. The minimum atomic E-state index is -0.470. The Bertz CT molecular complexity index is 893. The third kappa shape index (κ3) is 5.01. The predicted octanol–water partition coefficient (Wildman–Crippen LogP) is 4.76. The fraction of sp³-hybridized carbons (Fsp3) is 0.318. The predicted molar refractivity (Wildman–Crippen MR) is 116 cm³/mol. The van der Waals surface area contributed by atoms with E-state index in [0.717, 1.165) is 23.4 Å². The van der Waals surface area contributed by atoms with Crippen LogP contribution in [0.15, 0.2) is 53.5 Å². The number of nitrogens with one attached hydrogen (secondary N) is 2. The molecule has 0 bridgehead atoms. The van der Waals surface area contributed by atoms with Crippen LogP contribution in [-0.4, -0.2) is 22.2 Å². The molecule has 2 aromatic rings. The van der Waals surface area contributed by atoms with E-state index >= 15 is 0 Å². The Morgan fingerprint density at radius 2 is 1.93 bits per heavy atom. The van der Waals surface area contributed by atoms with E-state index in [1.807, 2.05) is 43.3 Å². The van der Waals surface area contributed by atoms with E-state index in [4.69, 9.17) is 0 Å². The Kier molecular flexibility index (Phi) is 6.52. The molecule has 3 rings (SSSR count). The Hall–Kier alpha value is -2.60. The van der Waals surface area contributed by atoms with Gasteiger partial charge in [-0.05, 0) is 48.6 Å². The zero-order valence-corrected chi connectivity index (χ0v) is 17.2. The third-order valence-corrected chi connectivity index (χ3v) is 5.95. The van der Waals surface area contributed by atoms with Crippen LogP contribution < -0.4 is 10.6 Å². The molecule has 1 saturated heterocycles. The molecule has 5 nitrogen and oxygen atoms in total. The Balaban J connectivity index is 1.60. The molecule has 28 heavy (non-hydrogen) atoms. The number of benzene rings is 2. The van der Waals surface area contributed by atoms with Gasteiger partial charge in [0.25, 0.3) is 0 Å². The standard InChI is InChI=1S/C22H25N3O2S/c1-4-14(2)16-9-11-17(12-10-16)23-22-25-21(27)19(28-22)13-20(26)24-18-8-6-5-7-15(18)3/h5-12,14,19H,4,13H2,1-3H3,(H,24,26)(H,23,25,27)/t14-,19+/m0/s1. The summed E-state index contributed by atoms with van der Waals surface area (Å²) in [6, 6.07) is 15.6. The monoisotopic (exact) mass is 395 g/mol. The molecule has 2 aromatic carbocycles. The molecular formula is C22H25N3O2S. The van der Waals surface area contributed by atoms with Crippen LogP contribution in [0.4, 0.5) is 11.4 Å². The summed E-state index contributed by atoms with van der Waals surface area (Å²) in [5.74, 6) is 0.152. The van der Waals surface area contributed by atoms with E-state index in [1.165, 1.54) is 17.3 Å². The van der Waals surface area contributed by atoms with Gasteiger partial charge in [0.15, 0.2) is 5.17 Å². The van der Waals surface area contributed by atoms with Gasteiger partial charge in [-0.2, -0.15) is 0 Å². The van der Waals surface area contributed by atoms with Crippen molar-refractivity contribution in [1.82, 2.24) is 5.32 Å².